The third-order valence-corrected chi connectivity index (χ3v) is 0.965. The molecule has 0 aliphatic carbocycles. The van der Waals surface area contributed by atoms with Crippen molar-refractivity contribution in [3.8, 4) is 0 Å². The first-order valence-corrected chi connectivity index (χ1v) is 3.13. The lowest BCUT2D eigenvalue weighted by atomic mass is 10.3. The van der Waals surface area contributed by atoms with Crippen molar-refractivity contribution in [2.75, 3.05) is 6.61 Å². The van der Waals surface area contributed by atoms with Gasteiger partial charge in [0.25, 0.3) is 0 Å². The van der Waals surface area contributed by atoms with Crippen LogP contribution in [0.3, 0.4) is 0 Å². The van der Waals surface area contributed by atoms with E-state index < -0.39 is 18.7 Å². The highest BCUT2D eigenvalue weighted by atomic mass is 19.4. The molecule has 1 atom stereocenters. The molecule has 0 spiro atoms. The van der Waals surface area contributed by atoms with Crippen LogP contribution >= 0.6 is 0 Å². The van der Waals surface area contributed by atoms with Crippen molar-refractivity contribution in [1.29, 1.82) is 0 Å². The minimum Gasteiger partial charge on any atom is -0.371 e. The molecule has 0 aromatic carbocycles. The van der Waals surface area contributed by atoms with Gasteiger partial charge in [-0.15, -0.1) is 0 Å². The van der Waals surface area contributed by atoms with Gasteiger partial charge in [0, 0.05) is 6.61 Å². The van der Waals surface area contributed by atoms with Gasteiger partial charge in [-0.05, 0) is 6.92 Å². The van der Waals surface area contributed by atoms with Crippen molar-refractivity contribution in [3.05, 3.63) is 0 Å². The van der Waals surface area contributed by atoms with Crippen LogP contribution < -0.4 is 0 Å². The number of hydrogen-bond donors (Lipinski definition) is 0. The number of aldehydes is 1. The highest BCUT2D eigenvalue weighted by molar-refractivity contribution is 5.55. The number of rotatable bonds is 4. The van der Waals surface area contributed by atoms with Crippen LogP contribution in [0, 0.1) is 0 Å². The van der Waals surface area contributed by atoms with Crippen molar-refractivity contribution >= 4 is 6.29 Å². The third kappa shape index (κ3) is 5.84. The predicted octanol–water partition coefficient (Wildman–Crippen LogP) is 1.54. The van der Waals surface area contributed by atoms with Crippen molar-refractivity contribution in [2.24, 2.45) is 0 Å². The average molecular weight is 170 g/mol. The van der Waals surface area contributed by atoms with E-state index in [1.807, 2.05) is 0 Å². The van der Waals surface area contributed by atoms with Gasteiger partial charge < -0.3 is 9.53 Å². The molecule has 1 unspecified atom stereocenters. The van der Waals surface area contributed by atoms with E-state index in [1.54, 1.807) is 0 Å². The lowest BCUT2D eigenvalue weighted by Crippen LogP contribution is -2.23. The quantitative estimate of drug-likeness (QED) is 0.598. The van der Waals surface area contributed by atoms with E-state index in [4.69, 9.17) is 0 Å². The zero-order valence-corrected chi connectivity index (χ0v) is 6.02. The Bertz CT molecular complexity index is 121. The summed E-state index contributed by atoms with van der Waals surface area (Å²) >= 11 is 0. The summed E-state index contributed by atoms with van der Waals surface area (Å²) in [6.45, 7) is 1.65. The fourth-order valence-corrected chi connectivity index (χ4v) is 0.589. The molecule has 0 aromatic rings. The van der Waals surface area contributed by atoms with Gasteiger partial charge in [0.05, 0.1) is 6.42 Å². The lowest BCUT2D eigenvalue weighted by molar-refractivity contribution is -0.163. The fraction of sp³-hybridized carbons (Fsp3) is 0.833. The highest BCUT2D eigenvalue weighted by Gasteiger charge is 2.31. The molecule has 5 heteroatoms. The van der Waals surface area contributed by atoms with Crippen LogP contribution in [0.15, 0.2) is 0 Å². The minimum absolute atomic E-state index is 0.111. The fourth-order valence-electron chi connectivity index (χ4n) is 0.589. The Labute approximate surface area is 62.3 Å². The first-order chi connectivity index (χ1) is 4.99. The molecular weight excluding hydrogens is 161 g/mol. The molecule has 0 fully saturated rings. The average Bonchev–Trinajstić information content (AvgIpc) is 1.84. The van der Waals surface area contributed by atoms with Crippen molar-refractivity contribution in [3.63, 3.8) is 0 Å². The second-order valence-electron chi connectivity index (χ2n) is 1.95. The van der Waals surface area contributed by atoms with Crippen LogP contribution in [0.1, 0.15) is 13.3 Å². The number of hydrogen-bond acceptors (Lipinski definition) is 2. The molecule has 0 aliphatic heterocycles. The summed E-state index contributed by atoms with van der Waals surface area (Å²) in [5, 5.41) is 0. The Balaban J connectivity index is 3.77. The molecule has 0 aliphatic rings. The van der Waals surface area contributed by atoms with Crippen LogP contribution in [-0.4, -0.2) is 25.2 Å². The minimum atomic E-state index is -4.33. The van der Waals surface area contributed by atoms with Gasteiger partial charge in [-0.3, -0.25) is 0 Å². The van der Waals surface area contributed by atoms with Gasteiger partial charge in [0.1, 0.15) is 12.4 Å². The summed E-state index contributed by atoms with van der Waals surface area (Å²) in [5.74, 6) is 0. The van der Waals surface area contributed by atoms with E-state index >= 15 is 0 Å². The van der Waals surface area contributed by atoms with E-state index in [9.17, 15) is 18.0 Å². The van der Waals surface area contributed by atoms with Crippen molar-refractivity contribution in [1.82, 2.24) is 0 Å². The normalized spacial score (nSPS) is 14.5. The second-order valence-corrected chi connectivity index (χ2v) is 1.95. The number of carbonyl (C=O) groups is 1. The van der Waals surface area contributed by atoms with Crippen LogP contribution in [0.5, 0.6) is 0 Å². The summed E-state index contributed by atoms with van der Waals surface area (Å²) < 4.78 is 39.2. The van der Waals surface area contributed by atoms with E-state index in [-0.39, 0.29) is 12.9 Å². The maximum absolute atomic E-state index is 11.6. The molecular formula is C6H9F3O2. The molecule has 0 amide bonds. The second kappa shape index (κ2) is 4.33. The Morgan fingerprint density at radius 2 is 2.09 bits per heavy atom. The van der Waals surface area contributed by atoms with Gasteiger partial charge in [-0.1, -0.05) is 0 Å². The zero-order valence-electron chi connectivity index (χ0n) is 6.02. The Morgan fingerprint density at radius 3 is 2.36 bits per heavy atom. The van der Waals surface area contributed by atoms with E-state index in [2.05, 4.69) is 4.74 Å². The van der Waals surface area contributed by atoms with E-state index in [1.165, 1.54) is 6.92 Å². The predicted molar refractivity (Wildman–Crippen MR) is 32.1 cm³/mol. The SMILES string of the molecule is CCOC(C=O)CC(F)(F)F. The molecule has 0 bridgehead atoms. The largest absolute Gasteiger partial charge is 0.392 e. The summed E-state index contributed by atoms with van der Waals surface area (Å²) in [5.41, 5.74) is 0. The monoisotopic (exact) mass is 170 g/mol. The highest BCUT2D eigenvalue weighted by Crippen LogP contribution is 2.21. The van der Waals surface area contributed by atoms with Gasteiger partial charge >= 0.3 is 6.18 Å². The Morgan fingerprint density at radius 1 is 1.55 bits per heavy atom. The summed E-state index contributed by atoms with van der Waals surface area (Å²) in [7, 11) is 0. The van der Waals surface area contributed by atoms with Crippen LogP contribution in [0.25, 0.3) is 0 Å². The van der Waals surface area contributed by atoms with E-state index in [0.717, 1.165) is 0 Å². The van der Waals surface area contributed by atoms with Gasteiger partial charge in [-0.2, -0.15) is 13.2 Å². The lowest BCUT2D eigenvalue weighted by Gasteiger charge is -2.11. The topological polar surface area (TPSA) is 26.3 Å². The summed E-state index contributed by atoms with van der Waals surface area (Å²) in [6, 6.07) is 0. The number of carbonyl (C=O) groups excluding carboxylic acids is 1. The van der Waals surface area contributed by atoms with Crippen molar-refractivity contribution < 1.29 is 22.7 Å². The van der Waals surface area contributed by atoms with E-state index in [0.29, 0.717) is 0 Å². The third-order valence-electron chi connectivity index (χ3n) is 0.965. The van der Waals surface area contributed by atoms with Crippen LogP contribution in [0.2, 0.25) is 0 Å². The molecule has 0 radical (unpaired) electrons. The maximum atomic E-state index is 11.6. The molecule has 66 valence electrons. The van der Waals surface area contributed by atoms with Gasteiger partial charge in [0.2, 0.25) is 0 Å². The Hall–Kier alpha value is -0.580. The number of alkyl halides is 3. The maximum Gasteiger partial charge on any atom is 0.392 e. The van der Waals surface area contributed by atoms with Crippen molar-refractivity contribution in [2.45, 2.75) is 25.6 Å². The molecule has 0 heterocycles. The number of ether oxygens (including phenoxy) is 1. The van der Waals surface area contributed by atoms with Crippen LogP contribution in [-0.2, 0) is 9.53 Å². The molecule has 0 aromatic heterocycles. The molecule has 0 saturated carbocycles. The smallest absolute Gasteiger partial charge is 0.371 e. The first-order valence-electron chi connectivity index (χ1n) is 3.13. The molecule has 11 heavy (non-hydrogen) atoms. The first kappa shape index (κ1) is 10.4. The summed E-state index contributed by atoms with van der Waals surface area (Å²) in [6.07, 6.45) is -6.72. The Kier molecular flexibility index (Phi) is 4.10. The zero-order chi connectivity index (χ0) is 8.91. The molecule has 0 rings (SSSR count). The van der Waals surface area contributed by atoms with Gasteiger partial charge in [0.15, 0.2) is 0 Å². The molecule has 0 N–H and O–H groups in total. The summed E-state index contributed by atoms with van der Waals surface area (Å²) in [4.78, 5) is 9.95. The standard InChI is InChI=1S/C6H9F3O2/c1-2-11-5(4-10)3-6(7,8)9/h4-5H,2-3H2,1H3. The van der Waals surface area contributed by atoms with Crippen LogP contribution in [0.4, 0.5) is 13.2 Å². The molecule has 2 nitrogen and oxygen atoms in total. The van der Waals surface area contributed by atoms with Gasteiger partial charge in [-0.25, -0.2) is 0 Å². The molecule has 0 saturated heterocycles. The number of halogens is 3.